The second kappa shape index (κ2) is 7.63. The van der Waals surface area contributed by atoms with Crippen LogP contribution in [0.25, 0.3) is 0 Å². The summed E-state index contributed by atoms with van der Waals surface area (Å²) in [6.07, 6.45) is 10.3. The van der Waals surface area contributed by atoms with E-state index in [0.29, 0.717) is 12.5 Å². The van der Waals surface area contributed by atoms with Gasteiger partial charge < -0.3 is 10.5 Å². The van der Waals surface area contributed by atoms with Gasteiger partial charge in [-0.05, 0) is 26.2 Å². The molecule has 3 nitrogen and oxygen atoms in total. The standard InChI is InChI=1S/C17H29NO2/c1-5-7-8-14(6-2)12-20-16(19)17(4)10-9-13(3)11-15(17)18/h9-11,14-15H,5-8,12,18H2,1-4H3. The van der Waals surface area contributed by atoms with Gasteiger partial charge in [-0.15, -0.1) is 0 Å². The van der Waals surface area contributed by atoms with E-state index in [1.54, 1.807) is 0 Å². The Kier molecular flexibility index (Phi) is 6.47. The Morgan fingerprint density at radius 3 is 2.75 bits per heavy atom. The van der Waals surface area contributed by atoms with Crippen LogP contribution in [0.3, 0.4) is 0 Å². The number of rotatable bonds is 7. The van der Waals surface area contributed by atoms with Gasteiger partial charge in [0.05, 0.1) is 6.61 Å². The van der Waals surface area contributed by atoms with Crippen molar-refractivity contribution in [2.75, 3.05) is 6.61 Å². The van der Waals surface area contributed by atoms with Crippen LogP contribution >= 0.6 is 0 Å². The third-order valence-electron chi connectivity index (χ3n) is 4.26. The Hall–Kier alpha value is -1.09. The largest absolute Gasteiger partial charge is 0.465 e. The highest BCUT2D eigenvalue weighted by atomic mass is 16.5. The second-order valence-corrected chi connectivity index (χ2v) is 6.07. The Labute approximate surface area is 123 Å². The number of unbranched alkanes of at least 4 members (excludes halogenated alkanes) is 1. The third kappa shape index (κ3) is 4.20. The normalized spacial score (nSPS) is 27.1. The number of esters is 1. The molecule has 0 aliphatic heterocycles. The van der Waals surface area contributed by atoms with Gasteiger partial charge in [-0.1, -0.05) is 56.9 Å². The first-order chi connectivity index (χ1) is 9.43. The molecule has 20 heavy (non-hydrogen) atoms. The zero-order valence-corrected chi connectivity index (χ0v) is 13.3. The van der Waals surface area contributed by atoms with Crippen LogP contribution in [0.1, 0.15) is 53.4 Å². The first-order valence-electron chi connectivity index (χ1n) is 7.74. The summed E-state index contributed by atoms with van der Waals surface area (Å²) in [4.78, 5) is 12.3. The molecule has 0 radical (unpaired) electrons. The molecule has 2 N–H and O–H groups in total. The van der Waals surface area contributed by atoms with Gasteiger partial charge in [0, 0.05) is 6.04 Å². The van der Waals surface area contributed by atoms with Crippen molar-refractivity contribution in [1.82, 2.24) is 0 Å². The molecule has 0 fully saturated rings. The number of ether oxygens (including phenoxy) is 1. The number of hydrogen-bond acceptors (Lipinski definition) is 3. The molecule has 1 aliphatic carbocycles. The van der Waals surface area contributed by atoms with Crippen molar-refractivity contribution in [1.29, 1.82) is 0 Å². The van der Waals surface area contributed by atoms with Gasteiger partial charge in [-0.3, -0.25) is 4.79 Å². The van der Waals surface area contributed by atoms with Crippen molar-refractivity contribution in [3.05, 3.63) is 23.8 Å². The lowest BCUT2D eigenvalue weighted by atomic mass is 9.78. The minimum Gasteiger partial charge on any atom is -0.465 e. The molecule has 0 spiro atoms. The lowest BCUT2D eigenvalue weighted by molar-refractivity contribution is -0.154. The van der Waals surface area contributed by atoms with E-state index < -0.39 is 5.41 Å². The van der Waals surface area contributed by atoms with Crippen LogP contribution in [0, 0.1) is 11.3 Å². The van der Waals surface area contributed by atoms with E-state index in [1.165, 1.54) is 12.8 Å². The molecule has 0 saturated heterocycles. The van der Waals surface area contributed by atoms with Gasteiger partial charge in [-0.25, -0.2) is 0 Å². The Morgan fingerprint density at radius 2 is 2.20 bits per heavy atom. The van der Waals surface area contributed by atoms with Crippen LogP contribution in [-0.4, -0.2) is 18.6 Å². The molecule has 3 atom stereocenters. The predicted octanol–water partition coefficient (Wildman–Crippen LogP) is 3.60. The Morgan fingerprint density at radius 1 is 1.50 bits per heavy atom. The number of carbonyl (C=O) groups excluding carboxylic acids is 1. The van der Waals surface area contributed by atoms with Crippen LogP contribution in [0.15, 0.2) is 23.8 Å². The molecule has 0 aromatic carbocycles. The second-order valence-electron chi connectivity index (χ2n) is 6.07. The summed E-state index contributed by atoms with van der Waals surface area (Å²) in [5.74, 6) is 0.253. The van der Waals surface area contributed by atoms with Gasteiger partial charge in [0.2, 0.25) is 0 Å². The topological polar surface area (TPSA) is 52.3 Å². The fourth-order valence-electron chi connectivity index (χ4n) is 2.38. The predicted molar refractivity (Wildman–Crippen MR) is 83.2 cm³/mol. The molecule has 1 rings (SSSR count). The first kappa shape index (κ1) is 17.0. The summed E-state index contributed by atoms with van der Waals surface area (Å²) in [5.41, 5.74) is 6.46. The fraction of sp³-hybridized carbons (Fsp3) is 0.706. The van der Waals surface area contributed by atoms with Crippen LogP contribution in [0.2, 0.25) is 0 Å². The highest BCUT2D eigenvalue weighted by molar-refractivity contribution is 5.80. The summed E-state index contributed by atoms with van der Waals surface area (Å²) < 4.78 is 5.54. The van der Waals surface area contributed by atoms with E-state index in [2.05, 4.69) is 13.8 Å². The maximum absolute atomic E-state index is 12.3. The van der Waals surface area contributed by atoms with E-state index >= 15 is 0 Å². The lowest BCUT2D eigenvalue weighted by Crippen LogP contribution is -2.45. The average molecular weight is 279 g/mol. The lowest BCUT2D eigenvalue weighted by Gasteiger charge is -2.31. The monoisotopic (exact) mass is 279 g/mol. The Bertz CT molecular complexity index is 386. The number of hydrogen-bond donors (Lipinski definition) is 1. The van der Waals surface area contributed by atoms with E-state index in [-0.39, 0.29) is 12.0 Å². The summed E-state index contributed by atoms with van der Waals surface area (Å²) in [6, 6.07) is -0.310. The third-order valence-corrected chi connectivity index (χ3v) is 4.26. The fourth-order valence-corrected chi connectivity index (χ4v) is 2.38. The number of carbonyl (C=O) groups is 1. The molecule has 3 heteroatoms. The van der Waals surface area contributed by atoms with E-state index in [9.17, 15) is 4.79 Å². The Balaban J connectivity index is 2.56. The van der Waals surface area contributed by atoms with Gasteiger partial charge >= 0.3 is 5.97 Å². The minimum atomic E-state index is -0.734. The van der Waals surface area contributed by atoms with Crippen LogP contribution in [0.5, 0.6) is 0 Å². The molecule has 0 saturated carbocycles. The highest BCUT2D eigenvalue weighted by Gasteiger charge is 2.39. The van der Waals surface area contributed by atoms with Crippen LogP contribution in [0.4, 0.5) is 0 Å². The molecule has 114 valence electrons. The molecule has 3 unspecified atom stereocenters. The van der Waals surface area contributed by atoms with E-state index in [4.69, 9.17) is 10.5 Å². The van der Waals surface area contributed by atoms with Crippen molar-refractivity contribution < 1.29 is 9.53 Å². The van der Waals surface area contributed by atoms with E-state index in [0.717, 1.165) is 18.4 Å². The van der Waals surface area contributed by atoms with Crippen molar-refractivity contribution in [3.63, 3.8) is 0 Å². The van der Waals surface area contributed by atoms with Crippen LogP contribution < -0.4 is 5.73 Å². The summed E-state index contributed by atoms with van der Waals surface area (Å²) in [7, 11) is 0. The molecule has 0 aromatic rings. The van der Waals surface area contributed by atoms with Crippen molar-refractivity contribution >= 4 is 5.97 Å². The zero-order valence-electron chi connectivity index (χ0n) is 13.3. The van der Waals surface area contributed by atoms with Crippen molar-refractivity contribution in [2.45, 2.75) is 59.4 Å². The average Bonchev–Trinajstić information content (AvgIpc) is 2.43. The van der Waals surface area contributed by atoms with Gasteiger partial charge in [0.15, 0.2) is 0 Å². The molecular weight excluding hydrogens is 250 g/mol. The quantitative estimate of drug-likeness (QED) is 0.724. The molecular formula is C17H29NO2. The molecule has 0 heterocycles. The minimum absolute atomic E-state index is 0.208. The maximum atomic E-state index is 12.3. The molecule has 1 aliphatic rings. The summed E-state index contributed by atoms with van der Waals surface area (Å²) >= 11 is 0. The number of nitrogens with two attached hydrogens (primary N) is 1. The van der Waals surface area contributed by atoms with Crippen molar-refractivity contribution in [2.24, 2.45) is 17.1 Å². The summed E-state index contributed by atoms with van der Waals surface area (Å²) in [5, 5.41) is 0. The van der Waals surface area contributed by atoms with Gasteiger partial charge in [0.25, 0.3) is 0 Å². The molecule has 0 bridgehead atoms. The first-order valence-corrected chi connectivity index (χ1v) is 7.74. The maximum Gasteiger partial charge on any atom is 0.317 e. The summed E-state index contributed by atoms with van der Waals surface area (Å²) in [6.45, 7) is 8.67. The van der Waals surface area contributed by atoms with E-state index in [1.807, 2.05) is 32.1 Å². The van der Waals surface area contributed by atoms with Gasteiger partial charge in [-0.2, -0.15) is 0 Å². The smallest absolute Gasteiger partial charge is 0.317 e. The molecule has 0 amide bonds. The van der Waals surface area contributed by atoms with Crippen molar-refractivity contribution in [3.8, 4) is 0 Å². The SMILES string of the molecule is CCCCC(CC)COC(=O)C1(C)C=CC(C)=CC1N. The highest BCUT2D eigenvalue weighted by Crippen LogP contribution is 2.30. The van der Waals surface area contributed by atoms with Gasteiger partial charge in [0.1, 0.15) is 5.41 Å². The zero-order chi connectivity index (χ0) is 15.2. The molecule has 0 aromatic heterocycles. The number of allylic oxidation sites excluding steroid dienone is 2. The van der Waals surface area contributed by atoms with Crippen LogP contribution in [-0.2, 0) is 9.53 Å².